The number of hydrogen-bond acceptors (Lipinski definition) is 4. The Bertz CT molecular complexity index is 118. The Labute approximate surface area is 88.1 Å². The van der Waals surface area contributed by atoms with E-state index in [1.165, 1.54) is 0 Å². The summed E-state index contributed by atoms with van der Waals surface area (Å²) in [5.74, 6) is 0. The molecule has 0 aromatic carbocycles. The fraction of sp³-hybridized carbons (Fsp3) is 1.00. The van der Waals surface area contributed by atoms with Crippen LogP contribution >= 0.6 is 12.6 Å². The lowest BCUT2D eigenvalue weighted by atomic mass is 10.3. The molecular weight excluding hydrogens is 204 g/mol. The van der Waals surface area contributed by atoms with Crippen LogP contribution in [0.2, 0.25) is 0 Å². The van der Waals surface area contributed by atoms with Gasteiger partial charge in [-0.25, -0.2) is 0 Å². The van der Waals surface area contributed by atoms with Crippen molar-refractivity contribution in [3.63, 3.8) is 0 Å². The molecule has 0 saturated carbocycles. The van der Waals surface area contributed by atoms with Gasteiger partial charge >= 0.3 is 9.53 Å². The first-order valence-electron chi connectivity index (χ1n) is 4.59. The van der Waals surface area contributed by atoms with Crippen LogP contribution in [0.15, 0.2) is 0 Å². The highest BCUT2D eigenvalue weighted by Crippen LogP contribution is 2.07. The Balaban J connectivity index is 3.78. The van der Waals surface area contributed by atoms with Gasteiger partial charge in [0.2, 0.25) is 0 Å². The molecule has 0 aromatic heterocycles. The molecular formula is C8H19O3SSi. The van der Waals surface area contributed by atoms with Crippen LogP contribution in [0.4, 0.5) is 0 Å². The van der Waals surface area contributed by atoms with E-state index < -0.39 is 9.53 Å². The van der Waals surface area contributed by atoms with Crippen LogP contribution in [0.5, 0.6) is 0 Å². The van der Waals surface area contributed by atoms with E-state index in [4.69, 9.17) is 13.3 Å². The van der Waals surface area contributed by atoms with E-state index in [0.717, 1.165) is 0 Å². The van der Waals surface area contributed by atoms with Crippen molar-refractivity contribution in [1.82, 2.24) is 0 Å². The van der Waals surface area contributed by atoms with Crippen LogP contribution in [-0.2, 0) is 13.3 Å². The minimum absolute atomic E-state index is 0.0651. The Morgan fingerprint density at radius 2 is 1.62 bits per heavy atom. The second-order valence-electron chi connectivity index (χ2n) is 2.68. The standard InChI is InChI=1S/C8H19O3SSi/c1-5-9-13(10-6-2)11-7(3)8(4)12/h7-8,12H,5-6H2,1-4H3. The molecule has 2 unspecified atom stereocenters. The van der Waals surface area contributed by atoms with E-state index in [2.05, 4.69) is 12.6 Å². The minimum Gasteiger partial charge on any atom is -0.371 e. The topological polar surface area (TPSA) is 27.7 Å². The zero-order chi connectivity index (χ0) is 10.3. The van der Waals surface area contributed by atoms with E-state index in [1.54, 1.807) is 0 Å². The van der Waals surface area contributed by atoms with Gasteiger partial charge in [-0.05, 0) is 20.8 Å². The molecule has 0 rings (SSSR count). The SMILES string of the molecule is CCO[Si](OCC)OC(C)C(C)S. The summed E-state index contributed by atoms with van der Waals surface area (Å²) in [6, 6.07) is 0. The monoisotopic (exact) mass is 223 g/mol. The van der Waals surface area contributed by atoms with Crippen LogP contribution < -0.4 is 0 Å². The minimum atomic E-state index is -1.54. The predicted molar refractivity (Wildman–Crippen MR) is 58.0 cm³/mol. The van der Waals surface area contributed by atoms with Crippen molar-refractivity contribution in [1.29, 1.82) is 0 Å². The molecule has 2 atom stereocenters. The maximum atomic E-state index is 5.57. The maximum Gasteiger partial charge on any atom is 0.578 e. The van der Waals surface area contributed by atoms with Crippen molar-refractivity contribution >= 4 is 22.2 Å². The second kappa shape index (κ2) is 7.81. The van der Waals surface area contributed by atoms with E-state index in [1.807, 2.05) is 27.7 Å². The van der Waals surface area contributed by atoms with Gasteiger partial charge in [-0.2, -0.15) is 12.6 Å². The first-order valence-corrected chi connectivity index (χ1v) is 6.33. The summed E-state index contributed by atoms with van der Waals surface area (Å²) in [5.41, 5.74) is 0. The summed E-state index contributed by atoms with van der Waals surface area (Å²) < 4.78 is 16.2. The molecule has 0 amide bonds. The fourth-order valence-corrected chi connectivity index (χ4v) is 1.97. The summed E-state index contributed by atoms with van der Waals surface area (Å²) in [6.07, 6.45) is 0.0651. The lowest BCUT2D eigenvalue weighted by molar-refractivity contribution is 0.0711. The van der Waals surface area contributed by atoms with Crippen molar-refractivity contribution in [2.24, 2.45) is 0 Å². The third-order valence-electron chi connectivity index (χ3n) is 1.49. The Hall–Kier alpha value is 0.447. The van der Waals surface area contributed by atoms with Crippen molar-refractivity contribution in [2.75, 3.05) is 13.2 Å². The van der Waals surface area contributed by atoms with Crippen LogP contribution in [-0.4, -0.2) is 34.1 Å². The summed E-state index contributed by atoms with van der Waals surface area (Å²) in [6.45, 7) is 9.08. The van der Waals surface area contributed by atoms with Gasteiger partial charge in [0.25, 0.3) is 0 Å². The average Bonchev–Trinajstić information content (AvgIpc) is 2.05. The summed E-state index contributed by atoms with van der Waals surface area (Å²) in [5, 5.41) is 0.195. The first-order chi connectivity index (χ1) is 6.11. The molecule has 79 valence electrons. The zero-order valence-corrected chi connectivity index (χ0v) is 10.6. The molecule has 0 bridgehead atoms. The third kappa shape index (κ3) is 6.51. The molecule has 5 heteroatoms. The molecule has 0 fully saturated rings. The lowest BCUT2D eigenvalue weighted by Gasteiger charge is -2.20. The Morgan fingerprint density at radius 1 is 1.15 bits per heavy atom. The van der Waals surface area contributed by atoms with Gasteiger partial charge < -0.3 is 13.3 Å². The molecule has 13 heavy (non-hydrogen) atoms. The predicted octanol–water partition coefficient (Wildman–Crippen LogP) is 1.77. The van der Waals surface area contributed by atoms with Gasteiger partial charge in [-0.15, -0.1) is 0 Å². The molecule has 0 aromatic rings. The molecule has 0 heterocycles. The molecule has 0 aliphatic rings. The van der Waals surface area contributed by atoms with Crippen molar-refractivity contribution in [3.05, 3.63) is 0 Å². The molecule has 3 nitrogen and oxygen atoms in total. The summed E-state index contributed by atoms with van der Waals surface area (Å²) >= 11 is 4.28. The van der Waals surface area contributed by atoms with Gasteiger partial charge in [0, 0.05) is 18.5 Å². The van der Waals surface area contributed by atoms with E-state index >= 15 is 0 Å². The molecule has 0 aliphatic heterocycles. The second-order valence-corrected chi connectivity index (χ2v) is 4.81. The summed E-state index contributed by atoms with van der Waals surface area (Å²) in [7, 11) is -1.54. The van der Waals surface area contributed by atoms with Crippen LogP contribution in [0, 0.1) is 0 Å². The fourth-order valence-electron chi connectivity index (χ4n) is 0.596. The largest absolute Gasteiger partial charge is 0.578 e. The average molecular weight is 223 g/mol. The van der Waals surface area contributed by atoms with Crippen molar-refractivity contribution in [3.8, 4) is 0 Å². The summed E-state index contributed by atoms with van der Waals surface area (Å²) in [4.78, 5) is 0. The molecule has 1 radical (unpaired) electrons. The normalized spacial score (nSPS) is 16.2. The van der Waals surface area contributed by atoms with Crippen LogP contribution in [0.3, 0.4) is 0 Å². The van der Waals surface area contributed by atoms with E-state index in [0.29, 0.717) is 13.2 Å². The first kappa shape index (κ1) is 13.4. The van der Waals surface area contributed by atoms with E-state index in [-0.39, 0.29) is 11.4 Å². The van der Waals surface area contributed by atoms with Crippen molar-refractivity contribution < 1.29 is 13.3 Å². The smallest absolute Gasteiger partial charge is 0.371 e. The van der Waals surface area contributed by atoms with Gasteiger partial charge in [0.05, 0.1) is 6.10 Å². The maximum absolute atomic E-state index is 5.57. The Kier molecular flexibility index (Phi) is 8.08. The highest BCUT2D eigenvalue weighted by Gasteiger charge is 2.22. The molecule has 0 aliphatic carbocycles. The van der Waals surface area contributed by atoms with Gasteiger partial charge in [-0.3, -0.25) is 0 Å². The van der Waals surface area contributed by atoms with Gasteiger partial charge in [0.15, 0.2) is 0 Å². The quantitative estimate of drug-likeness (QED) is 0.526. The number of hydrogen-bond donors (Lipinski definition) is 1. The number of rotatable bonds is 7. The van der Waals surface area contributed by atoms with Gasteiger partial charge in [-0.1, -0.05) is 6.92 Å². The Morgan fingerprint density at radius 3 is 1.92 bits per heavy atom. The highest BCUT2D eigenvalue weighted by molar-refractivity contribution is 7.81. The number of thiol groups is 1. The van der Waals surface area contributed by atoms with Crippen LogP contribution in [0.25, 0.3) is 0 Å². The molecule has 0 saturated heterocycles. The van der Waals surface area contributed by atoms with E-state index in [9.17, 15) is 0 Å². The highest BCUT2D eigenvalue weighted by atomic mass is 32.1. The van der Waals surface area contributed by atoms with Gasteiger partial charge in [0.1, 0.15) is 0 Å². The van der Waals surface area contributed by atoms with Crippen molar-refractivity contribution in [2.45, 2.75) is 39.0 Å². The van der Waals surface area contributed by atoms with Crippen LogP contribution in [0.1, 0.15) is 27.7 Å². The lowest BCUT2D eigenvalue weighted by Crippen LogP contribution is -2.34. The third-order valence-corrected chi connectivity index (χ3v) is 3.52. The molecule has 0 N–H and O–H groups in total. The molecule has 0 spiro atoms. The zero-order valence-electron chi connectivity index (χ0n) is 8.74.